The van der Waals surface area contributed by atoms with E-state index in [1.807, 2.05) is 0 Å². The Labute approximate surface area is 116 Å². The molecule has 1 nitrogen and oxygen atoms in total. The SMILES string of the molecule is Cc1cc(Cl)c(C(N)C(C(F)(F)F)C(F)(F)F)cc1C. The highest BCUT2D eigenvalue weighted by atomic mass is 35.5. The van der Waals surface area contributed by atoms with E-state index in [0.29, 0.717) is 11.1 Å². The van der Waals surface area contributed by atoms with Gasteiger partial charge >= 0.3 is 12.4 Å². The lowest BCUT2D eigenvalue weighted by Gasteiger charge is -2.29. The summed E-state index contributed by atoms with van der Waals surface area (Å²) in [6.45, 7) is 3.19. The van der Waals surface area contributed by atoms with Gasteiger partial charge in [-0.2, -0.15) is 26.3 Å². The summed E-state index contributed by atoms with van der Waals surface area (Å²) in [7, 11) is 0. The van der Waals surface area contributed by atoms with E-state index >= 15 is 0 Å². The second kappa shape index (κ2) is 5.44. The molecule has 0 fully saturated rings. The summed E-state index contributed by atoms with van der Waals surface area (Å²) in [6.07, 6.45) is -11.0. The van der Waals surface area contributed by atoms with Crippen molar-refractivity contribution in [2.45, 2.75) is 32.2 Å². The molecule has 1 aromatic carbocycles. The van der Waals surface area contributed by atoms with Crippen molar-refractivity contribution in [3.8, 4) is 0 Å². The molecule has 2 N–H and O–H groups in total. The molecule has 0 radical (unpaired) electrons. The van der Waals surface area contributed by atoms with Gasteiger partial charge in [0.25, 0.3) is 0 Å². The van der Waals surface area contributed by atoms with Gasteiger partial charge in [-0.15, -0.1) is 0 Å². The predicted octanol–water partition coefficient (Wildman–Crippen LogP) is 4.70. The van der Waals surface area contributed by atoms with Crippen molar-refractivity contribution in [2.75, 3.05) is 0 Å². The van der Waals surface area contributed by atoms with Gasteiger partial charge < -0.3 is 5.73 Å². The van der Waals surface area contributed by atoms with Crippen LogP contribution in [0, 0.1) is 19.8 Å². The monoisotopic (exact) mass is 319 g/mol. The highest BCUT2D eigenvalue weighted by molar-refractivity contribution is 6.31. The van der Waals surface area contributed by atoms with Crippen LogP contribution in [0.25, 0.3) is 0 Å². The molecule has 0 heterocycles. The van der Waals surface area contributed by atoms with Crippen molar-refractivity contribution in [1.29, 1.82) is 0 Å². The zero-order chi connectivity index (χ0) is 15.9. The first kappa shape index (κ1) is 17.1. The maximum absolute atomic E-state index is 12.6. The van der Waals surface area contributed by atoms with E-state index in [0.717, 1.165) is 6.07 Å². The predicted molar refractivity (Wildman–Crippen MR) is 63.5 cm³/mol. The molecule has 1 rings (SSSR count). The number of halogens is 7. The zero-order valence-electron chi connectivity index (χ0n) is 10.5. The van der Waals surface area contributed by atoms with Crippen LogP contribution in [-0.4, -0.2) is 12.4 Å². The maximum Gasteiger partial charge on any atom is 0.402 e. The van der Waals surface area contributed by atoms with Crippen molar-refractivity contribution < 1.29 is 26.3 Å². The molecule has 1 aromatic rings. The lowest BCUT2D eigenvalue weighted by Crippen LogP contribution is -2.44. The molecule has 0 aliphatic rings. The number of hydrogen-bond donors (Lipinski definition) is 1. The van der Waals surface area contributed by atoms with E-state index in [4.69, 9.17) is 17.3 Å². The summed E-state index contributed by atoms with van der Waals surface area (Å²) in [6, 6.07) is 0.157. The molecule has 0 aromatic heterocycles. The molecule has 0 spiro atoms. The van der Waals surface area contributed by atoms with Crippen LogP contribution in [0.5, 0.6) is 0 Å². The van der Waals surface area contributed by atoms with Crippen LogP contribution < -0.4 is 5.73 Å². The molecule has 20 heavy (non-hydrogen) atoms. The van der Waals surface area contributed by atoms with Crippen molar-refractivity contribution in [3.63, 3.8) is 0 Å². The van der Waals surface area contributed by atoms with Crippen LogP contribution in [0.15, 0.2) is 12.1 Å². The summed E-state index contributed by atoms with van der Waals surface area (Å²) in [5.41, 5.74) is 6.01. The Kier molecular flexibility index (Phi) is 4.65. The molecule has 1 atom stereocenters. The molecule has 0 aliphatic carbocycles. The van der Waals surface area contributed by atoms with Crippen LogP contribution in [-0.2, 0) is 0 Å². The van der Waals surface area contributed by atoms with Crippen LogP contribution in [0.4, 0.5) is 26.3 Å². The fourth-order valence-corrected chi connectivity index (χ4v) is 2.18. The van der Waals surface area contributed by atoms with Gasteiger partial charge in [-0.1, -0.05) is 17.7 Å². The fourth-order valence-electron chi connectivity index (χ4n) is 1.83. The van der Waals surface area contributed by atoms with Gasteiger partial charge in [-0.05, 0) is 36.6 Å². The van der Waals surface area contributed by atoms with E-state index in [-0.39, 0.29) is 10.6 Å². The first-order chi connectivity index (χ1) is 8.85. The first-order valence-electron chi connectivity index (χ1n) is 5.51. The molecule has 8 heteroatoms. The summed E-state index contributed by atoms with van der Waals surface area (Å²) in [5, 5.41) is -0.209. The maximum atomic E-state index is 12.6. The van der Waals surface area contributed by atoms with Crippen LogP contribution >= 0.6 is 11.6 Å². The zero-order valence-corrected chi connectivity index (χ0v) is 11.3. The number of nitrogens with two attached hydrogens (primary N) is 1. The van der Waals surface area contributed by atoms with Crippen LogP contribution in [0.2, 0.25) is 5.02 Å². The van der Waals surface area contributed by atoms with E-state index in [9.17, 15) is 26.3 Å². The molecule has 0 saturated carbocycles. The summed E-state index contributed by atoms with van der Waals surface area (Å²) < 4.78 is 75.7. The minimum absolute atomic E-state index is 0.209. The quantitative estimate of drug-likeness (QED) is 0.786. The van der Waals surface area contributed by atoms with Crippen molar-refractivity contribution >= 4 is 11.6 Å². The molecule has 0 aliphatic heterocycles. The third kappa shape index (κ3) is 3.58. The van der Waals surface area contributed by atoms with E-state index in [2.05, 4.69) is 0 Å². The summed E-state index contributed by atoms with van der Waals surface area (Å²) >= 11 is 5.73. The van der Waals surface area contributed by atoms with Gasteiger partial charge in [0.05, 0.1) is 6.04 Å². The fraction of sp³-hybridized carbons (Fsp3) is 0.500. The molecule has 0 saturated heterocycles. The van der Waals surface area contributed by atoms with Gasteiger partial charge in [-0.3, -0.25) is 0 Å². The highest BCUT2D eigenvalue weighted by Crippen LogP contribution is 2.46. The van der Waals surface area contributed by atoms with Crippen molar-refractivity contribution in [2.24, 2.45) is 11.7 Å². The van der Waals surface area contributed by atoms with E-state index in [1.165, 1.54) is 6.07 Å². The van der Waals surface area contributed by atoms with E-state index in [1.54, 1.807) is 13.8 Å². The standard InChI is InChI=1S/C12H12ClF6N/c1-5-3-7(8(13)4-6(5)2)9(20)10(11(14,15)16)12(17,18)19/h3-4,9-10H,20H2,1-2H3. The molecule has 114 valence electrons. The summed E-state index contributed by atoms with van der Waals surface area (Å²) in [5.74, 6) is -3.66. The van der Waals surface area contributed by atoms with Gasteiger partial charge in [0, 0.05) is 5.02 Å². The Bertz CT molecular complexity index is 480. The Morgan fingerprint density at radius 2 is 1.35 bits per heavy atom. The Morgan fingerprint density at radius 1 is 0.950 bits per heavy atom. The number of rotatable bonds is 2. The molecule has 0 amide bonds. The third-order valence-corrected chi connectivity index (χ3v) is 3.36. The average Bonchev–Trinajstić information content (AvgIpc) is 2.18. The van der Waals surface area contributed by atoms with Crippen molar-refractivity contribution in [1.82, 2.24) is 0 Å². The molecule has 1 unspecified atom stereocenters. The molecule has 0 bridgehead atoms. The second-order valence-corrected chi connectivity index (χ2v) is 4.95. The van der Waals surface area contributed by atoms with Crippen molar-refractivity contribution in [3.05, 3.63) is 33.8 Å². The van der Waals surface area contributed by atoms with E-state index < -0.39 is 24.3 Å². The molecular formula is C12H12ClF6N. The van der Waals surface area contributed by atoms with Gasteiger partial charge in [0.1, 0.15) is 0 Å². The van der Waals surface area contributed by atoms with Crippen LogP contribution in [0.3, 0.4) is 0 Å². The smallest absolute Gasteiger partial charge is 0.323 e. The van der Waals surface area contributed by atoms with Crippen LogP contribution in [0.1, 0.15) is 22.7 Å². The van der Waals surface area contributed by atoms with Gasteiger partial charge in [0.15, 0.2) is 5.92 Å². The Hall–Kier alpha value is -0.950. The lowest BCUT2D eigenvalue weighted by atomic mass is 9.90. The average molecular weight is 320 g/mol. The molecular weight excluding hydrogens is 308 g/mol. The number of benzene rings is 1. The minimum atomic E-state index is -5.50. The number of hydrogen-bond acceptors (Lipinski definition) is 1. The topological polar surface area (TPSA) is 26.0 Å². The Balaban J connectivity index is 3.34. The lowest BCUT2D eigenvalue weighted by molar-refractivity contribution is -0.290. The normalized spacial score (nSPS) is 14.8. The number of alkyl halides is 6. The Morgan fingerprint density at radius 3 is 1.75 bits per heavy atom. The minimum Gasteiger partial charge on any atom is -0.323 e. The highest BCUT2D eigenvalue weighted by Gasteiger charge is 2.59. The number of aryl methyl sites for hydroxylation is 2. The largest absolute Gasteiger partial charge is 0.402 e. The summed E-state index contributed by atoms with van der Waals surface area (Å²) in [4.78, 5) is 0. The third-order valence-electron chi connectivity index (χ3n) is 3.04. The second-order valence-electron chi connectivity index (χ2n) is 4.54. The van der Waals surface area contributed by atoms with Gasteiger partial charge in [0.2, 0.25) is 0 Å². The first-order valence-corrected chi connectivity index (χ1v) is 5.89. The van der Waals surface area contributed by atoms with Gasteiger partial charge in [-0.25, -0.2) is 0 Å².